The van der Waals surface area contributed by atoms with Crippen molar-refractivity contribution in [1.29, 1.82) is 0 Å². The molecule has 4 bridgehead atoms. The maximum absolute atomic E-state index is 11.2. The lowest BCUT2D eigenvalue weighted by Crippen LogP contribution is -2.48. The summed E-state index contributed by atoms with van der Waals surface area (Å²) in [5, 5.41) is 9.17. The average Bonchev–Trinajstić information content (AvgIpc) is 2.94. The Bertz CT molecular complexity index is 1150. The smallest absolute Gasteiger partial charge is 0.335 e. The van der Waals surface area contributed by atoms with Crippen LogP contribution < -0.4 is 4.74 Å². The molecule has 4 aliphatic rings. The second-order valence-corrected chi connectivity index (χ2v) is 13.1. The van der Waals surface area contributed by atoms with Crippen LogP contribution in [-0.4, -0.2) is 17.7 Å². The van der Waals surface area contributed by atoms with Crippen LogP contribution in [-0.2, 0) is 5.41 Å². The number of unbranched alkanes of at least 4 members (excludes halogenated alkanes) is 9. The molecule has 2 aromatic carbocycles. The van der Waals surface area contributed by atoms with Crippen molar-refractivity contribution >= 4 is 5.97 Å². The summed E-state index contributed by atoms with van der Waals surface area (Å²) in [4.78, 5) is 11.2. The molecule has 0 unspecified atom stereocenters. The summed E-state index contributed by atoms with van der Waals surface area (Å²) in [6.45, 7) is 3.08. The SMILES string of the molecule is CCCCCCCCCCCCOc1ccc(C#Cc2ccc(C(=O)O)cc2)cc1C12CC3CC(CC(C3)C1)C2. The summed E-state index contributed by atoms with van der Waals surface area (Å²) >= 11 is 0. The number of carboxylic acids is 1. The molecule has 4 fully saturated rings. The van der Waals surface area contributed by atoms with E-state index < -0.39 is 5.97 Å². The molecule has 2 aromatic rings. The summed E-state index contributed by atoms with van der Waals surface area (Å²) in [5.74, 6) is 9.44. The summed E-state index contributed by atoms with van der Waals surface area (Å²) in [5.41, 5.74) is 3.81. The first kappa shape index (κ1) is 28.8. The van der Waals surface area contributed by atoms with Gasteiger partial charge in [0.15, 0.2) is 0 Å². The summed E-state index contributed by atoms with van der Waals surface area (Å²) < 4.78 is 6.55. The number of hydrogen-bond donors (Lipinski definition) is 1. The molecule has 0 spiro atoms. The minimum atomic E-state index is -0.909. The zero-order chi connectivity index (χ0) is 27.8. The molecule has 4 aliphatic carbocycles. The number of benzene rings is 2. The van der Waals surface area contributed by atoms with Crippen LogP contribution in [0.5, 0.6) is 5.75 Å². The van der Waals surface area contributed by atoms with E-state index in [4.69, 9.17) is 9.84 Å². The predicted molar refractivity (Wildman–Crippen MR) is 163 cm³/mol. The van der Waals surface area contributed by atoms with Gasteiger partial charge in [0.1, 0.15) is 5.75 Å². The molecule has 214 valence electrons. The van der Waals surface area contributed by atoms with E-state index in [2.05, 4.69) is 37.0 Å². The van der Waals surface area contributed by atoms with Crippen molar-refractivity contribution in [2.45, 2.75) is 115 Å². The highest BCUT2D eigenvalue weighted by Crippen LogP contribution is 2.62. The highest BCUT2D eigenvalue weighted by atomic mass is 16.5. The minimum absolute atomic E-state index is 0.253. The number of ether oxygens (including phenoxy) is 1. The third kappa shape index (κ3) is 7.31. The van der Waals surface area contributed by atoms with Gasteiger partial charge in [-0.3, -0.25) is 0 Å². The van der Waals surface area contributed by atoms with Gasteiger partial charge in [0, 0.05) is 16.7 Å². The van der Waals surface area contributed by atoms with Crippen LogP contribution in [0.25, 0.3) is 0 Å². The third-order valence-electron chi connectivity index (χ3n) is 9.83. The lowest BCUT2D eigenvalue weighted by Gasteiger charge is -2.57. The zero-order valence-electron chi connectivity index (χ0n) is 24.6. The Morgan fingerprint density at radius 3 is 1.88 bits per heavy atom. The van der Waals surface area contributed by atoms with Crippen molar-refractivity contribution in [1.82, 2.24) is 0 Å². The Morgan fingerprint density at radius 2 is 1.30 bits per heavy atom. The topological polar surface area (TPSA) is 46.5 Å². The molecule has 0 heterocycles. The maximum Gasteiger partial charge on any atom is 0.335 e. The van der Waals surface area contributed by atoms with Crippen molar-refractivity contribution < 1.29 is 14.6 Å². The van der Waals surface area contributed by atoms with Crippen LogP contribution in [0, 0.1) is 29.6 Å². The van der Waals surface area contributed by atoms with Crippen molar-refractivity contribution in [3.05, 3.63) is 64.7 Å². The summed E-state index contributed by atoms with van der Waals surface area (Å²) in [7, 11) is 0. The molecule has 3 nitrogen and oxygen atoms in total. The first-order valence-electron chi connectivity index (χ1n) is 16.2. The Kier molecular flexibility index (Phi) is 9.90. The molecule has 40 heavy (non-hydrogen) atoms. The normalized spacial score (nSPS) is 24.5. The molecule has 0 amide bonds. The number of carboxylic acid groups (broad SMARTS) is 1. The third-order valence-corrected chi connectivity index (χ3v) is 9.83. The Morgan fingerprint density at radius 1 is 0.775 bits per heavy atom. The fourth-order valence-electron chi connectivity index (χ4n) is 8.20. The Hall–Kier alpha value is -2.73. The van der Waals surface area contributed by atoms with Crippen LogP contribution in [0.15, 0.2) is 42.5 Å². The molecule has 0 aliphatic heterocycles. The lowest BCUT2D eigenvalue weighted by molar-refractivity contribution is -0.00641. The van der Waals surface area contributed by atoms with Crippen molar-refractivity contribution in [2.75, 3.05) is 6.61 Å². The first-order valence-corrected chi connectivity index (χ1v) is 16.2. The van der Waals surface area contributed by atoms with Crippen molar-refractivity contribution in [3.8, 4) is 17.6 Å². The quantitative estimate of drug-likeness (QED) is 0.192. The highest BCUT2D eigenvalue weighted by molar-refractivity contribution is 5.87. The van der Waals surface area contributed by atoms with Gasteiger partial charge in [0.2, 0.25) is 0 Å². The Balaban J connectivity index is 1.23. The van der Waals surface area contributed by atoms with E-state index in [1.165, 1.54) is 102 Å². The molecular formula is C37H48O3. The van der Waals surface area contributed by atoms with Crippen LogP contribution in [0.1, 0.15) is 137 Å². The number of carbonyl (C=O) groups is 1. The number of aromatic carboxylic acids is 1. The molecule has 0 radical (unpaired) electrons. The number of hydrogen-bond acceptors (Lipinski definition) is 2. The van der Waals surface area contributed by atoms with E-state index in [1.54, 1.807) is 24.3 Å². The van der Waals surface area contributed by atoms with Gasteiger partial charge < -0.3 is 9.84 Å². The van der Waals surface area contributed by atoms with Crippen LogP contribution >= 0.6 is 0 Å². The first-order chi connectivity index (χ1) is 19.5. The fourth-order valence-corrected chi connectivity index (χ4v) is 8.20. The molecule has 1 N–H and O–H groups in total. The predicted octanol–water partition coefficient (Wildman–Crippen LogP) is 9.55. The van der Waals surface area contributed by atoms with E-state index in [0.717, 1.165) is 47.7 Å². The average molecular weight is 541 g/mol. The minimum Gasteiger partial charge on any atom is -0.493 e. The van der Waals surface area contributed by atoms with E-state index in [9.17, 15) is 4.79 Å². The van der Waals surface area contributed by atoms with E-state index in [0.29, 0.717) is 5.56 Å². The van der Waals surface area contributed by atoms with Gasteiger partial charge in [-0.05, 0) is 111 Å². The van der Waals surface area contributed by atoms with Gasteiger partial charge in [-0.25, -0.2) is 4.79 Å². The molecule has 0 saturated heterocycles. The van der Waals surface area contributed by atoms with Gasteiger partial charge in [0.05, 0.1) is 12.2 Å². The molecular weight excluding hydrogens is 492 g/mol. The zero-order valence-corrected chi connectivity index (χ0v) is 24.6. The van der Waals surface area contributed by atoms with Gasteiger partial charge in [-0.15, -0.1) is 0 Å². The van der Waals surface area contributed by atoms with E-state index >= 15 is 0 Å². The fraction of sp³-hybridized carbons (Fsp3) is 0.595. The van der Waals surface area contributed by atoms with E-state index in [1.807, 2.05) is 0 Å². The van der Waals surface area contributed by atoms with Gasteiger partial charge >= 0.3 is 5.97 Å². The second-order valence-electron chi connectivity index (χ2n) is 13.1. The molecule has 3 heteroatoms. The summed E-state index contributed by atoms with van der Waals surface area (Å²) in [6, 6.07) is 13.5. The molecule has 0 aromatic heterocycles. The van der Waals surface area contributed by atoms with Crippen LogP contribution in [0.4, 0.5) is 0 Å². The number of rotatable bonds is 14. The monoisotopic (exact) mass is 540 g/mol. The second kappa shape index (κ2) is 13.8. The molecule has 0 atom stereocenters. The largest absolute Gasteiger partial charge is 0.493 e. The summed E-state index contributed by atoms with van der Waals surface area (Å²) in [6.07, 6.45) is 21.6. The molecule has 6 rings (SSSR count). The van der Waals surface area contributed by atoms with Gasteiger partial charge in [-0.2, -0.15) is 0 Å². The Labute approximate surface area is 242 Å². The van der Waals surface area contributed by atoms with Gasteiger partial charge in [-0.1, -0.05) is 76.6 Å². The van der Waals surface area contributed by atoms with Crippen molar-refractivity contribution in [2.24, 2.45) is 17.8 Å². The van der Waals surface area contributed by atoms with Crippen molar-refractivity contribution in [3.63, 3.8) is 0 Å². The van der Waals surface area contributed by atoms with Gasteiger partial charge in [0.25, 0.3) is 0 Å². The maximum atomic E-state index is 11.2. The van der Waals surface area contributed by atoms with E-state index in [-0.39, 0.29) is 5.41 Å². The van der Waals surface area contributed by atoms with Crippen LogP contribution in [0.2, 0.25) is 0 Å². The molecule has 4 saturated carbocycles. The standard InChI is InChI=1S/C37H48O3/c1-2-3-4-5-6-7-8-9-10-11-20-40-35-19-16-29(13-12-28-14-17-33(18-15-28)36(38)39)24-34(35)37-25-30-21-31(26-37)23-32(22-30)27-37/h14-19,24,30-32H,2-11,20-23,25-27H2,1H3,(H,38,39). The van der Waals surface area contributed by atoms with Crippen LogP contribution in [0.3, 0.4) is 0 Å². The lowest BCUT2D eigenvalue weighted by atomic mass is 9.48. The highest BCUT2D eigenvalue weighted by Gasteiger charge is 2.52.